The van der Waals surface area contributed by atoms with E-state index in [9.17, 15) is 14.4 Å². The first-order valence-electron chi connectivity index (χ1n) is 8.20. The highest BCUT2D eigenvalue weighted by Gasteiger charge is 2.16. The van der Waals surface area contributed by atoms with E-state index in [0.29, 0.717) is 18.7 Å². The zero-order valence-corrected chi connectivity index (χ0v) is 14.2. The van der Waals surface area contributed by atoms with Crippen LogP contribution < -0.4 is 5.32 Å². The second-order valence-corrected chi connectivity index (χ2v) is 5.75. The molecule has 1 atom stereocenters. The molecular formula is C18H25NO5. The third kappa shape index (κ3) is 7.26. The highest BCUT2D eigenvalue weighted by molar-refractivity contribution is 5.86. The fourth-order valence-corrected chi connectivity index (χ4v) is 2.12. The number of aryl methyl sites for hydroxylation is 1. The lowest BCUT2D eigenvalue weighted by atomic mass is 9.99. The summed E-state index contributed by atoms with van der Waals surface area (Å²) in [5, 5.41) is 11.5. The third-order valence-electron chi connectivity index (χ3n) is 3.61. The highest BCUT2D eigenvalue weighted by atomic mass is 16.5. The van der Waals surface area contributed by atoms with Crippen LogP contribution in [0.5, 0.6) is 0 Å². The number of carbonyl (C=O) groups excluding carboxylic acids is 2. The molecule has 0 heterocycles. The quantitative estimate of drug-likeness (QED) is 0.637. The van der Waals surface area contributed by atoms with Crippen LogP contribution in [0.1, 0.15) is 45.1 Å². The van der Waals surface area contributed by atoms with Crippen LogP contribution in [0.4, 0.5) is 10.5 Å². The molecule has 1 aromatic rings. The fraction of sp³-hybridized carbons (Fsp3) is 0.500. The van der Waals surface area contributed by atoms with Crippen LogP contribution >= 0.6 is 0 Å². The van der Waals surface area contributed by atoms with Crippen molar-refractivity contribution in [1.29, 1.82) is 0 Å². The molecule has 6 nitrogen and oxygen atoms in total. The van der Waals surface area contributed by atoms with E-state index in [0.717, 1.165) is 18.4 Å². The van der Waals surface area contributed by atoms with Crippen LogP contribution in [-0.2, 0) is 20.7 Å². The smallest absolute Gasteiger partial charge is 0.411 e. The number of carbonyl (C=O) groups is 3. The van der Waals surface area contributed by atoms with Gasteiger partial charge in [-0.15, -0.1) is 0 Å². The summed E-state index contributed by atoms with van der Waals surface area (Å²) in [5.41, 5.74) is 1.43. The van der Waals surface area contributed by atoms with Crippen molar-refractivity contribution >= 4 is 23.5 Å². The van der Waals surface area contributed by atoms with Crippen LogP contribution in [0.3, 0.4) is 0 Å². The van der Waals surface area contributed by atoms with Gasteiger partial charge in [0.2, 0.25) is 0 Å². The van der Waals surface area contributed by atoms with Gasteiger partial charge in [-0.2, -0.15) is 0 Å². The van der Waals surface area contributed by atoms with Gasteiger partial charge >= 0.3 is 12.1 Å². The number of nitrogens with one attached hydrogen (secondary N) is 1. The Labute approximate surface area is 142 Å². The number of benzene rings is 1. The molecule has 0 spiro atoms. The maximum Gasteiger partial charge on any atom is 0.411 e. The molecule has 24 heavy (non-hydrogen) atoms. The Morgan fingerprint density at radius 1 is 1.25 bits per heavy atom. The summed E-state index contributed by atoms with van der Waals surface area (Å²) in [6.45, 7) is 3.90. The summed E-state index contributed by atoms with van der Waals surface area (Å²) in [7, 11) is 0. The molecule has 0 fully saturated rings. The number of rotatable bonds is 10. The Balaban J connectivity index is 2.55. The number of ketones is 1. The highest BCUT2D eigenvalue weighted by Crippen LogP contribution is 2.18. The molecule has 6 heteroatoms. The maximum absolute atomic E-state index is 11.9. The van der Waals surface area contributed by atoms with Gasteiger partial charge in [0, 0.05) is 18.5 Å². The third-order valence-corrected chi connectivity index (χ3v) is 3.61. The number of aliphatic carboxylic acids is 1. The van der Waals surface area contributed by atoms with Crippen molar-refractivity contribution in [1.82, 2.24) is 0 Å². The minimum Gasteiger partial charge on any atom is -0.481 e. The molecule has 132 valence electrons. The predicted octanol–water partition coefficient (Wildman–Crippen LogP) is 3.65. The molecule has 1 rings (SSSR count). The predicted molar refractivity (Wildman–Crippen MR) is 91.1 cm³/mol. The van der Waals surface area contributed by atoms with Gasteiger partial charge in [-0.25, -0.2) is 4.79 Å². The zero-order valence-electron chi connectivity index (χ0n) is 14.2. The van der Waals surface area contributed by atoms with Crippen molar-refractivity contribution in [2.45, 2.75) is 46.0 Å². The summed E-state index contributed by atoms with van der Waals surface area (Å²) in [6, 6.07) is 7.20. The number of anilines is 1. The minimum atomic E-state index is -0.972. The van der Waals surface area contributed by atoms with Crippen molar-refractivity contribution < 1.29 is 24.2 Å². The first-order valence-corrected chi connectivity index (χ1v) is 8.20. The van der Waals surface area contributed by atoms with Gasteiger partial charge in [0.15, 0.2) is 0 Å². The first kappa shape index (κ1) is 19.7. The molecule has 0 aromatic heterocycles. The molecule has 0 saturated carbocycles. The minimum absolute atomic E-state index is 0.0178. The molecule has 0 aliphatic heterocycles. The van der Waals surface area contributed by atoms with Crippen LogP contribution in [0.2, 0.25) is 0 Å². The Kier molecular flexibility index (Phi) is 8.54. The van der Waals surface area contributed by atoms with Crippen LogP contribution in [0, 0.1) is 5.92 Å². The second kappa shape index (κ2) is 10.4. The number of ether oxygens (including phenoxy) is 1. The molecule has 0 aliphatic rings. The molecule has 0 bridgehead atoms. The average molecular weight is 335 g/mol. The lowest BCUT2D eigenvalue weighted by molar-refractivity contribution is -0.143. The van der Waals surface area contributed by atoms with E-state index in [2.05, 4.69) is 5.32 Å². The Morgan fingerprint density at radius 2 is 1.96 bits per heavy atom. The summed E-state index contributed by atoms with van der Waals surface area (Å²) < 4.78 is 5.06. The summed E-state index contributed by atoms with van der Waals surface area (Å²) in [5.74, 6) is -1.76. The number of hydrogen-bond donors (Lipinski definition) is 2. The molecule has 1 aromatic carbocycles. The van der Waals surface area contributed by atoms with E-state index in [-0.39, 0.29) is 18.6 Å². The van der Waals surface area contributed by atoms with Gasteiger partial charge < -0.3 is 9.84 Å². The standard InChI is InChI=1S/C18H25NO5/c1-3-4-11-24-18(23)19-16-8-6-5-7-14(16)9-10-15(20)12-13(2)17(21)22/h5-8,13H,3-4,9-12H2,1-2H3,(H,19,23)(H,21,22)/t13-/m0/s1. The molecule has 0 unspecified atom stereocenters. The van der Waals surface area contributed by atoms with E-state index in [1.807, 2.05) is 19.1 Å². The van der Waals surface area contributed by atoms with E-state index in [1.165, 1.54) is 6.92 Å². The lowest BCUT2D eigenvalue weighted by Gasteiger charge is -2.11. The zero-order chi connectivity index (χ0) is 17.9. The summed E-state index contributed by atoms with van der Waals surface area (Å²) in [6.07, 6.45) is 1.94. The normalized spacial score (nSPS) is 11.6. The topological polar surface area (TPSA) is 92.7 Å². The molecule has 2 N–H and O–H groups in total. The number of unbranched alkanes of at least 4 members (excludes halogenated alkanes) is 1. The number of Topliss-reactive ketones (excluding diaryl/α,β-unsaturated/α-hetero) is 1. The van der Waals surface area contributed by atoms with E-state index in [1.54, 1.807) is 12.1 Å². The number of para-hydroxylation sites is 1. The van der Waals surface area contributed by atoms with E-state index in [4.69, 9.17) is 9.84 Å². The first-order chi connectivity index (χ1) is 11.4. The number of amides is 1. The van der Waals surface area contributed by atoms with Crippen molar-refractivity contribution in [3.05, 3.63) is 29.8 Å². The van der Waals surface area contributed by atoms with Crippen LogP contribution in [-0.4, -0.2) is 29.6 Å². The lowest BCUT2D eigenvalue weighted by Crippen LogP contribution is -2.16. The largest absolute Gasteiger partial charge is 0.481 e. The Bertz CT molecular complexity index is 570. The van der Waals surface area contributed by atoms with Gasteiger partial charge in [0.25, 0.3) is 0 Å². The van der Waals surface area contributed by atoms with E-state index >= 15 is 0 Å². The second-order valence-electron chi connectivity index (χ2n) is 5.75. The molecular weight excluding hydrogens is 310 g/mol. The van der Waals surface area contributed by atoms with Crippen molar-refractivity contribution in [3.63, 3.8) is 0 Å². The molecule has 0 saturated heterocycles. The van der Waals surface area contributed by atoms with Crippen molar-refractivity contribution in [3.8, 4) is 0 Å². The fourth-order valence-electron chi connectivity index (χ4n) is 2.12. The van der Waals surface area contributed by atoms with Crippen molar-refractivity contribution in [2.75, 3.05) is 11.9 Å². The Morgan fingerprint density at radius 3 is 2.62 bits per heavy atom. The van der Waals surface area contributed by atoms with Gasteiger partial charge in [-0.1, -0.05) is 38.5 Å². The SMILES string of the molecule is CCCCOC(=O)Nc1ccccc1CCC(=O)C[C@H](C)C(=O)O. The van der Waals surface area contributed by atoms with Crippen LogP contribution in [0.25, 0.3) is 0 Å². The number of hydrogen-bond acceptors (Lipinski definition) is 4. The van der Waals surface area contributed by atoms with E-state index < -0.39 is 18.0 Å². The average Bonchev–Trinajstić information content (AvgIpc) is 2.54. The summed E-state index contributed by atoms with van der Waals surface area (Å²) >= 11 is 0. The van der Waals surface area contributed by atoms with Gasteiger partial charge in [-0.05, 0) is 24.5 Å². The molecule has 1 amide bonds. The maximum atomic E-state index is 11.9. The van der Waals surface area contributed by atoms with Gasteiger partial charge in [0.05, 0.1) is 12.5 Å². The number of carboxylic acid groups (broad SMARTS) is 1. The Hall–Kier alpha value is -2.37. The molecule has 0 radical (unpaired) electrons. The monoisotopic (exact) mass is 335 g/mol. The van der Waals surface area contributed by atoms with Gasteiger partial charge in [-0.3, -0.25) is 14.9 Å². The van der Waals surface area contributed by atoms with Crippen molar-refractivity contribution in [2.24, 2.45) is 5.92 Å². The van der Waals surface area contributed by atoms with Crippen LogP contribution in [0.15, 0.2) is 24.3 Å². The number of carboxylic acids is 1. The molecule has 0 aliphatic carbocycles. The van der Waals surface area contributed by atoms with Gasteiger partial charge in [0.1, 0.15) is 5.78 Å². The summed E-state index contributed by atoms with van der Waals surface area (Å²) in [4.78, 5) is 34.4.